The molecule has 3 rings (SSSR count). The Kier molecular flexibility index (Phi) is 5.54. The second-order valence-corrected chi connectivity index (χ2v) is 7.89. The molecule has 6 heteroatoms. The summed E-state index contributed by atoms with van der Waals surface area (Å²) in [6, 6.07) is 14.4. The molecule has 26 heavy (non-hydrogen) atoms. The number of benzene rings is 2. The van der Waals surface area contributed by atoms with Gasteiger partial charge in [-0.3, -0.25) is 4.79 Å². The van der Waals surface area contributed by atoms with Gasteiger partial charge in [0.05, 0.1) is 4.90 Å². The van der Waals surface area contributed by atoms with Crippen LogP contribution in [0.15, 0.2) is 59.5 Å². The van der Waals surface area contributed by atoms with Crippen LogP contribution in [0.1, 0.15) is 24.5 Å². The molecule has 2 aromatic carbocycles. The van der Waals surface area contributed by atoms with Crippen molar-refractivity contribution in [1.82, 2.24) is 4.72 Å². The molecule has 1 amide bonds. The number of nitrogens with zero attached hydrogens (tertiary/aromatic N) is 1. The Balaban J connectivity index is 1.74. The summed E-state index contributed by atoms with van der Waals surface area (Å²) in [6.45, 7) is 2.79. The van der Waals surface area contributed by atoms with Crippen molar-refractivity contribution >= 4 is 27.7 Å². The molecule has 1 aliphatic heterocycles. The summed E-state index contributed by atoms with van der Waals surface area (Å²) >= 11 is 0. The monoisotopic (exact) mass is 370 g/mol. The van der Waals surface area contributed by atoms with E-state index in [0.29, 0.717) is 13.1 Å². The van der Waals surface area contributed by atoms with Crippen LogP contribution < -0.4 is 9.62 Å². The first kappa shape index (κ1) is 18.4. The maximum Gasteiger partial charge on any atom is 0.250 e. The molecule has 0 saturated carbocycles. The Morgan fingerprint density at radius 1 is 1.15 bits per heavy atom. The Hall–Kier alpha value is -2.44. The molecule has 0 aliphatic carbocycles. The van der Waals surface area contributed by atoms with Crippen molar-refractivity contribution in [3.05, 3.63) is 65.7 Å². The number of para-hydroxylation sites is 1. The summed E-state index contributed by atoms with van der Waals surface area (Å²) in [7, 11) is -3.46. The molecule has 5 nitrogen and oxygen atoms in total. The number of anilines is 1. The van der Waals surface area contributed by atoms with Crippen LogP contribution >= 0.6 is 0 Å². The standard InChI is InChI=1S/C20H22N2O3S/c1-2-21-26(24,25)18-12-9-16(10-13-18)11-14-20(23)22-15-5-7-17-6-3-4-8-19(17)22/h3-4,6,8-14,21H,2,5,7,15H2,1H3/b14-11+. The molecule has 0 bridgehead atoms. The Morgan fingerprint density at radius 3 is 2.62 bits per heavy atom. The molecular weight excluding hydrogens is 348 g/mol. The van der Waals surface area contributed by atoms with Gasteiger partial charge in [-0.1, -0.05) is 37.3 Å². The second kappa shape index (κ2) is 7.85. The fourth-order valence-electron chi connectivity index (χ4n) is 3.05. The minimum atomic E-state index is -3.46. The normalized spacial score (nSPS) is 14.4. The largest absolute Gasteiger partial charge is 0.309 e. The number of hydrogen-bond donors (Lipinski definition) is 1. The van der Waals surface area contributed by atoms with Gasteiger partial charge in [-0.25, -0.2) is 13.1 Å². The predicted octanol–water partition coefficient (Wildman–Crippen LogP) is 2.98. The van der Waals surface area contributed by atoms with Gasteiger partial charge in [0.15, 0.2) is 0 Å². The SMILES string of the molecule is CCNS(=O)(=O)c1ccc(/C=C/C(=O)N2CCCc3ccccc32)cc1. The Labute approximate surface area is 154 Å². The van der Waals surface area contributed by atoms with Gasteiger partial charge in [-0.15, -0.1) is 0 Å². The number of amides is 1. The zero-order valence-corrected chi connectivity index (χ0v) is 15.5. The van der Waals surface area contributed by atoms with Gasteiger partial charge >= 0.3 is 0 Å². The van der Waals surface area contributed by atoms with E-state index in [1.807, 2.05) is 18.2 Å². The highest BCUT2D eigenvalue weighted by Gasteiger charge is 2.20. The number of carbonyl (C=O) groups excluding carboxylic acids is 1. The number of rotatable bonds is 5. The third-order valence-corrected chi connectivity index (χ3v) is 5.88. The summed E-state index contributed by atoms with van der Waals surface area (Å²) in [5, 5.41) is 0. The van der Waals surface area contributed by atoms with E-state index in [2.05, 4.69) is 10.8 Å². The molecular formula is C20H22N2O3S. The Morgan fingerprint density at radius 2 is 1.88 bits per heavy atom. The van der Waals surface area contributed by atoms with Crippen LogP contribution in [0.5, 0.6) is 0 Å². The van der Waals surface area contributed by atoms with Crippen LogP contribution in [-0.4, -0.2) is 27.4 Å². The average Bonchev–Trinajstić information content (AvgIpc) is 2.66. The highest BCUT2D eigenvalue weighted by atomic mass is 32.2. The van der Waals surface area contributed by atoms with Crippen molar-refractivity contribution in [2.24, 2.45) is 0 Å². The van der Waals surface area contributed by atoms with E-state index in [0.717, 1.165) is 24.1 Å². The molecule has 0 spiro atoms. The number of aryl methyl sites for hydroxylation is 1. The third-order valence-electron chi connectivity index (χ3n) is 4.32. The molecule has 0 atom stereocenters. The lowest BCUT2D eigenvalue weighted by atomic mass is 10.0. The zero-order chi connectivity index (χ0) is 18.6. The summed E-state index contributed by atoms with van der Waals surface area (Å²) < 4.78 is 26.3. The van der Waals surface area contributed by atoms with Crippen molar-refractivity contribution in [1.29, 1.82) is 0 Å². The van der Waals surface area contributed by atoms with Crippen molar-refractivity contribution < 1.29 is 13.2 Å². The van der Waals surface area contributed by atoms with Crippen molar-refractivity contribution in [2.45, 2.75) is 24.7 Å². The highest BCUT2D eigenvalue weighted by molar-refractivity contribution is 7.89. The molecule has 1 N–H and O–H groups in total. The second-order valence-electron chi connectivity index (χ2n) is 6.13. The smallest absolute Gasteiger partial charge is 0.250 e. The van der Waals surface area contributed by atoms with Crippen LogP contribution in [-0.2, 0) is 21.2 Å². The van der Waals surface area contributed by atoms with E-state index in [-0.39, 0.29) is 10.8 Å². The van der Waals surface area contributed by atoms with Gasteiger partial charge < -0.3 is 4.90 Å². The molecule has 136 valence electrons. The zero-order valence-electron chi connectivity index (χ0n) is 14.7. The first-order valence-electron chi connectivity index (χ1n) is 8.68. The lowest BCUT2D eigenvalue weighted by Gasteiger charge is -2.28. The number of sulfonamides is 1. The molecule has 0 saturated heterocycles. The fourth-order valence-corrected chi connectivity index (χ4v) is 4.09. The van der Waals surface area contributed by atoms with Crippen LogP contribution in [0.2, 0.25) is 0 Å². The number of fused-ring (bicyclic) bond motifs is 1. The summed E-state index contributed by atoms with van der Waals surface area (Å²) in [5.74, 6) is -0.0681. The van der Waals surface area contributed by atoms with E-state index < -0.39 is 10.0 Å². The molecule has 0 unspecified atom stereocenters. The Bertz CT molecular complexity index is 918. The molecule has 2 aromatic rings. The summed E-state index contributed by atoms with van der Waals surface area (Å²) in [6.07, 6.45) is 5.19. The number of nitrogens with one attached hydrogen (secondary N) is 1. The van der Waals surface area contributed by atoms with Crippen molar-refractivity contribution in [3.8, 4) is 0 Å². The maximum atomic E-state index is 12.6. The molecule has 1 heterocycles. The minimum Gasteiger partial charge on any atom is -0.309 e. The van der Waals surface area contributed by atoms with Crippen molar-refractivity contribution in [3.63, 3.8) is 0 Å². The van der Waals surface area contributed by atoms with Crippen LogP contribution in [0.3, 0.4) is 0 Å². The first-order valence-corrected chi connectivity index (χ1v) is 10.2. The topological polar surface area (TPSA) is 66.5 Å². The van der Waals surface area contributed by atoms with E-state index in [1.54, 1.807) is 42.2 Å². The minimum absolute atomic E-state index is 0.0681. The lowest BCUT2D eigenvalue weighted by Crippen LogP contribution is -2.34. The van der Waals surface area contributed by atoms with Gasteiger partial charge in [0.2, 0.25) is 10.0 Å². The van der Waals surface area contributed by atoms with Crippen LogP contribution in [0, 0.1) is 0 Å². The van der Waals surface area contributed by atoms with Crippen LogP contribution in [0.4, 0.5) is 5.69 Å². The van der Waals surface area contributed by atoms with E-state index in [4.69, 9.17) is 0 Å². The maximum absolute atomic E-state index is 12.6. The van der Waals surface area contributed by atoms with Crippen LogP contribution in [0.25, 0.3) is 6.08 Å². The lowest BCUT2D eigenvalue weighted by molar-refractivity contribution is -0.114. The third kappa shape index (κ3) is 4.03. The van der Waals surface area contributed by atoms with Gasteiger partial charge in [0, 0.05) is 24.9 Å². The quantitative estimate of drug-likeness (QED) is 0.823. The van der Waals surface area contributed by atoms with E-state index in [1.165, 1.54) is 11.6 Å². The first-order chi connectivity index (χ1) is 12.5. The van der Waals surface area contributed by atoms with Gasteiger partial charge in [-0.2, -0.15) is 0 Å². The summed E-state index contributed by atoms with van der Waals surface area (Å²) in [5.41, 5.74) is 2.94. The predicted molar refractivity (Wildman–Crippen MR) is 103 cm³/mol. The molecule has 0 aromatic heterocycles. The average molecular weight is 370 g/mol. The molecule has 1 aliphatic rings. The molecule has 0 fully saturated rings. The molecule has 0 radical (unpaired) electrons. The number of carbonyl (C=O) groups is 1. The van der Waals surface area contributed by atoms with E-state index in [9.17, 15) is 13.2 Å². The highest BCUT2D eigenvalue weighted by Crippen LogP contribution is 2.27. The van der Waals surface area contributed by atoms with Gasteiger partial charge in [0.1, 0.15) is 0 Å². The van der Waals surface area contributed by atoms with Gasteiger partial charge in [0.25, 0.3) is 5.91 Å². The van der Waals surface area contributed by atoms with Crippen molar-refractivity contribution in [2.75, 3.05) is 18.0 Å². The van der Waals surface area contributed by atoms with Gasteiger partial charge in [-0.05, 0) is 48.2 Å². The fraction of sp³-hybridized carbons (Fsp3) is 0.250. The van der Waals surface area contributed by atoms with E-state index >= 15 is 0 Å². The summed E-state index contributed by atoms with van der Waals surface area (Å²) in [4.78, 5) is 14.6. The number of hydrogen-bond acceptors (Lipinski definition) is 3.